The van der Waals surface area contributed by atoms with E-state index in [1.807, 2.05) is 54.6 Å². The molecule has 1 amide bonds. The first-order valence-corrected chi connectivity index (χ1v) is 8.74. The van der Waals surface area contributed by atoms with E-state index in [2.05, 4.69) is 10.3 Å². The maximum absolute atomic E-state index is 12.1. The van der Waals surface area contributed by atoms with Crippen molar-refractivity contribution in [3.8, 4) is 5.75 Å². The van der Waals surface area contributed by atoms with Gasteiger partial charge in [-0.05, 0) is 35.7 Å². The minimum Gasteiger partial charge on any atom is -0.489 e. The van der Waals surface area contributed by atoms with Gasteiger partial charge >= 0.3 is 0 Å². The second kappa shape index (κ2) is 9.02. The van der Waals surface area contributed by atoms with Crippen molar-refractivity contribution >= 4 is 23.3 Å². The zero-order valence-corrected chi connectivity index (χ0v) is 14.9. The topological polar surface area (TPSA) is 51.2 Å². The third-order valence-electron chi connectivity index (χ3n) is 3.80. The van der Waals surface area contributed by atoms with E-state index in [-0.39, 0.29) is 5.91 Å². The molecule has 0 aliphatic heterocycles. The van der Waals surface area contributed by atoms with E-state index >= 15 is 0 Å². The fourth-order valence-electron chi connectivity index (χ4n) is 2.42. The quantitative estimate of drug-likeness (QED) is 0.648. The Morgan fingerprint density at radius 2 is 1.77 bits per heavy atom. The van der Waals surface area contributed by atoms with Crippen LogP contribution in [-0.4, -0.2) is 10.9 Å². The third kappa shape index (κ3) is 5.60. The molecule has 0 fully saturated rings. The number of nitrogens with one attached hydrogen (secondary N) is 1. The number of anilines is 1. The summed E-state index contributed by atoms with van der Waals surface area (Å²) in [6, 6.07) is 20.9. The Morgan fingerprint density at radius 1 is 1.00 bits per heavy atom. The molecular formula is C21H19ClN2O2. The Balaban J connectivity index is 1.51. The Morgan fingerprint density at radius 3 is 2.54 bits per heavy atom. The highest BCUT2D eigenvalue weighted by molar-refractivity contribution is 6.30. The van der Waals surface area contributed by atoms with Crippen LogP contribution in [0.2, 0.25) is 5.02 Å². The van der Waals surface area contributed by atoms with Crippen LogP contribution in [0.3, 0.4) is 0 Å². The molecule has 3 rings (SSSR count). The standard InChI is InChI=1S/C21H19ClN2O2/c22-18-9-6-17(7-10-18)15-26-19-12-13-23-20(14-19)24-21(25)11-8-16-4-2-1-3-5-16/h1-7,9-10,12-14H,8,11,15H2,(H,23,24,25). The lowest BCUT2D eigenvalue weighted by Gasteiger charge is -2.09. The van der Waals surface area contributed by atoms with E-state index < -0.39 is 0 Å². The second-order valence-electron chi connectivity index (χ2n) is 5.83. The molecule has 0 radical (unpaired) electrons. The normalized spacial score (nSPS) is 10.3. The van der Waals surface area contributed by atoms with Gasteiger partial charge in [0.15, 0.2) is 0 Å². The monoisotopic (exact) mass is 366 g/mol. The molecule has 26 heavy (non-hydrogen) atoms. The van der Waals surface area contributed by atoms with Crippen molar-refractivity contribution < 1.29 is 9.53 Å². The van der Waals surface area contributed by atoms with Gasteiger partial charge in [-0.2, -0.15) is 0 Å². The number of aryl methyl sites for hydroxylation is 1. The molecule has 1 heterocycles. The Kier molecular flexibility index (Phi) is 6.23. The summed E-state index contributed by atoms with van der Waals surface area (Å²) in [4.78, 5) is 16.3. The predicted molar refractivity (Wildman–Crippen MR) is 103 cm³/mol. The van der Waals surface area contributed by atoms with Gasteiger partial charge in [-0.15, -0.1) is 0 Å². The molecular weight excluding hydrogens is 348 g/mol. The van der Waals surface area contributed by atoms with Gasteiger partial charge in [0.2, 0.25) is 5.91 Å². The molecule has 3 aromatic rings. The summed E-state index contributed by atoms with van der Waals surface area (Å²) in [5, 5.41) is 3.50. The highest BCUT2D eigenvalue weighted by atomic mass is 35.5. The molecule has 132 valence electrons. The van der Waals surface area contributed by atoms with Gasteiger partial charge in [0.1, 0.15) is 18.2 Å². The van der Waals surface area contributed by atoms with Gasteiger partial charge in [-0.3, -0.25) is 4.79 Å². The number of carbonyl (C=O) groups excluding carboxylic acids is 1. The van der Waals surface area contributed by atoms with Crippen LogP contribution >= 0.6 is 11.6 Å². The Bertz CT molecular complexity index is 851. The Hall–Kier alpha value is -2.85. The van der Waals surface area contributed by atoms with Gasteiger partial charge in [-0.1, -0.05) is 54.1 Å². The number of amides is 1. The molecule has 5 heteroatoms. The van der Waals surface area contributed by atoms with Gasteiger partial charge < -0.3 is 10.1 Å². The first kappa shape index (κ1) is 18.0. The van der Waals surface area contributed by atoms with Gasteiger partial charge in [0, 0.05) is 23.7 Å². The van der Waals surface area contributed by atoms with Crippen molar-refractivity contribution in [2.75, 3.05) is 5.32 Å². The van der Waals surface area contributed by atoms with Crippen molar-refractivity contribution in [1.29, 1.82) is 0 Å². The van der Waals surface area contributed by atoms with Crippen LogP contribution in [-0.2, 0) is 17.8 Å². The lowest BCUT2D eigenvalue weighted by molar-refractivity contribution is -0.116. The summed E-state index contributed by atoms with van der Waals surface area (Å²) in [6.07, 6.45) is 2.71. The minimum absolute atomic E-state index is 0.0730. The first-order valence-electron chi connectivity index (χ1n) is 8.36. The van der Waals surface area contributed by atoms with Gasteiger partial charge in [-0.25, -0.2) is 4.98 Å². The number of hydrogen-bond donors (Lipinski definition) is 1. The number of rotatable bonds is 7. The maximum Gasteiger partial charge on any atom is 0.225 e. The van der Waals surface area contributed by atoms with Crippen molar-refractivity contribution in [1.82, 2.24) is 4.98 Å². The highest BCUT2D eigenvalue weighted by Gasteiger charge is 2.05. The minimum atomic E-state index is -0.0730. The molecule has 0 aliphatic rings. The van der Waals surface area contributed by atoms with E-state index in [4.69, 9.17) is 16.3 Å². The second-order valence-corrected chi connectivity index (χ2v) is 6.26. The molecule has 1 aromatic heterocycles. The van der Waals surface area contributed by atoms with Gasteiger partial charge in [0.05, 0.1) is 0 Å². The van der Waals surface area contributed by atoms with Crippen LogP contribution in [0.25, 0.3) is 0 Å². The third-order valence-corrected chi connectivity index (χ3v) is 4.05. The van der Waals surface area contributed by atoms with Crippen molar-refractivity contribution in [3.05, 3.63) is 89.1 Å². The fourth-order valence-corrected chi connectivity index (χ4v) is 2.55. The fraction of sp³-hybridized carbons (Fsp3) is 0.143. The molecule has 0 saturated carbocycles. The van der Waals surface area contributed by atoms with Crippen LogP contribution in [0, 0.1) is 0 Å². The molecule has 1 N–H and O–H groups in total. The zero-order chi connectivity index (χ0) is 18.2. The van der Waals surface area contributed by atoms with Crippen molar-refractivity contribution in [3.63, 3.8) is 0 Å². The molecule has 0 aliphatic carbocycles. The molecule has 0 saturated heterocycles. The van der Waals surface area contributed by atoms with Crippen LogP contribution in [0.4, 0.5) is 5.82 Å². The maximum atomic E-state index is 12.1. The van der Waals surface area contributed by atoms with Crippen LogP contribution < -0.4 is 10.1 Å². The number of ether oxygens (including phenoxy) is 1. The molecule has 4 nitrogen and oxygen atoms in total. The van der Waals surface area contributed by atoms with E-state index in [1.165, 1.54) is 0 Å². The SMILES string of the molecule is O=C(CCc1ccccc1)Nc1cc(OCc2ccc(Cl)cc2)ccn1. The first-order chi connectivity index (χ1) is 12.7. The summed E-state index contributed by atoms with van der Waals surface area (Å²) in [5.41, 5.74) is 2.15. The molecule has 0 atom stereocenters. The molecule has 2 aromatic carbocycles. The average molecular weight is 367 g/mol. The Labute approximate surface area is 157 Å². The smallest absolute Gasteiger partial charge is 0.225 e. The van der Waals surface area contributed by atoms with E-state index in [0.29, 0.717) is 36.0 Å². The van der Waals surface area contributed by atoms with Crippen LogP contribution in [0.1, 0.15) is 17.5 Å². The van der Waals surface area contributed by atoms with E-state index in [9.17, 15) is 4.79 Å². The van der Waals surface area contributed by atoms with E-state index in [0.717, 1.165) is 11.1 Å². The number of halogens is 1. The summed E-state index contributed by atoms with van der Waals surface area (Å²) >= 11 is 5.87. The number of carbonyl (C=O) groups is 1. The van der Waals surface area contributed by atoms with Gasteiger partial charge in [0.25, 0.3) is 0 Å². The van der Waals surface area contributed by atoms with Crippen molar-refractivity contribution in [2.45, 2.75) is 19.4 Å². The van der Waals surface area contributed by atoms with Crippen LogP contribution in [0.5, 0.6) is 5.75 Å². The summed E-state index contributed by atoms with van der Waals surface area (Å²) in [5.74, 6) is 1.06. The summed E-state index contributed by atoms with van der Waals surface area (Å²) in [6.45, 7) is 0.419. The molecule has 0 spiro atoms. The summed E-state index contributed by atoms with van der Waals surface area (Å²) < 4.78 is 5.75. The average Bonchev–Trinajstić information content (AvgIpc) is 2.67. The number of aromatic nitrogens is 1. The largest absolute Gasteiger partial charge is 0.489 e. The number of pyridine rings is 1. The predicted octanol–water partition coefficient (Wildman–Crippen LogP) is 4.89. The number of nitrogens with zero attached hydrogens (tertiary/aromatic N) is 1. The lowest BCUT2D eigenvalue weighted by atomic mass is 10.1. The zero-order valence-electron chi connectivity index (χ0n) is 14.2. The van der Waals surface area contributed by atoms with E-state index in [1.54, 1.807) is 18.3 Å². The highest BCUT2D eigenvalue weighted by Crippen LogP contribution is 2.17. The molecule has 0 unspecified atom stereocenters. The van der Waals surface area contributed by atoms with Crippen LogP contribution in [0.15, 0.2) is 72.9 Å². The number of hydrogen-bond acceptors (Lipinski definition) is 3. The summed E-state index contributed by atoms with van der Waals surface area (Å²) in [7, 11) is 0. The molecule has 0 bridgehead atoms. The van der Waals surface area contributed by atoms with Crippen molar-refractivity contribution in [2.24, 2.45) is 0 Å². The number of benzene rings is 2. The lowest BCUT2D eigenvalue weighted by Crippen LogP contribution is -2.13.